The Bertz CT molecular complexity index is 428. The molecule has 1 aliphatic carbocycles. The van der Waals surface area contributed by atoms with E-state index in [9.17, 15) is 5.26 Å². The first kappa shape index (κ1) is 12.8. The van der Waals surface area contributed by atoms with Crippen molar-refractivity contribution in [1.29, 1.82) is 5.26 Å². The van der Waals surface area contributed by atoms with E-state index < -0.39 is 5.54 Å². The molecule has 0 aliphatic heterocycles. The summed E-state index contributed by atoms with van der Waals surface area (Å²) in [4.78, 5) is 0. The van der Waals surface area contributed by atoms with Gasteiger partial charge in [0.15, 0.2) is 0 Å². The van der Waals surface area contributed by atoms with Crippen LogP contribution in [0.5, 0.6) is 5.75 Å². The summed E-state index contributed by atoms with van der Waals surface area (Å²) in [5.41, 5.74) is 0.570. The molecular weight excluding hydrogens is 224 g/mol. The van der Waals surface area contributed by atoms with E-state index in [4.69, 9.17) is 4.74 Å². The van der Waals surface area contributed by atoms with E-state index >= 15 is 0 Å². The average molecular weight is 244 g/mol. The Labute approximate surface area is 109 Å². The largest absolute Gasteiger partial charge is 0.497 e. The molecule has 1 aliphatic rings. The number of anilines is 1. The minimum Gasteiger partial charge on any atom is -0.497 e. The third-order valence-electron chi connectivity index (χ3n) is 3.62. The van der Waals surface area contributed by atoms with Crippen LogP contribution in [0.15, 0.2) is 24.3 Å². The van der Waals surface area contributed by atoms with Gasteiger partial charge < -0.3 is 10.1 Å². The Morgan fingerprint density at radius 1 is 1.22 bits per heavy atom. The third-order valence-corrected chi connectivity index (χ3v) is 3.62. The lowest BCUT2D eigenvalue weighted by molar-refractivity contribution is 0.414. The van der Waals surface area contributed by atoms with Gasteiger partial charge in [-0.15, -0.1) is 0 Å². The molecule has 0 unspecified atom stereocenters. The standard InChI is InChI=1S/C15H20N2O/c1-18-14-8-6-7-13(11-14)17-15(12-16)9-4-2-3-5-10-15/h6-8,11,17H,2-5,9-10H2,1H3. The highest BCUT2D eigenvalue weighted by molar-refractivity contribution is 5.51. The molecule has 0 atom stereocenters. The molecule has 0 saturated heterocycles. The maximum atomic E-state index is 9.51. The van der Waals surface area contributed by atoms with Gasteiger partial charge >= 0.3 is 0 Å². The first-order valence-electron chi connectivity index (χ1n) is 6.61. The summed E-state index contributed by atoms with van der Waals surface area (Å²) >= 11 is 0. The predicted molar refractivity (Wildman–Crippen MR) is 72.7 cm³/mol. The molecule has 0 amide bonds. The monoisotopic (exact) mass is 244 g/mol. The number of methoxy groups -OCH3 is 1. The molecule has 0 aromatic heterocycles. The number of nitrogens with one attached hydrogen (secondary N) is 1. The minimum atomic E-state index is -0.400. The molecule has 96 valence electrons. The summed E-state index contributed by atoms with van der Waals surface area (Å²) in [5, 5.41) is 12.9. The van der Waals surface area contributed by atoms with Crippen LogP contribution in [0.2, 0.25) is 0 Å². The Morgan fingerprint density at radius 3 is 2.56 bits per heavy atom. The van der Waals surface area contributed by atoms with E-state index in [-0.39, 0.29) is 0 Å². The summed E-state index contributed by atoms with van der Waals surface area (Å²) in [7, 11) is 1.66. The number of hydrogen-bond acceptors (Lipinski definition) is 3. The van der Waals surface area contributed by atoms with Gasteiger partial charge in [0.25, 0.3) is 0 Å². The van der Waals surface area contributed by atoms with Crippen LogP contribution in [0.25, 0.3) is 0 Å². The number of nitrogens with zero attached hydrogens (tertiary/aromatic N) is 1. The fourth-order valence-electron chi connectivity index (χ4n) is 2.57. The summed E-state index contributed by atoms with van der Waals surface area (Å²) < 4.78 is 5.21. The number of hydrogen-bond donors (Lipinski definition) is 1. The lowest BCUT2D eigenvalue weighted by atomic mass is 9.91. The highest BCUT2D eigenvalue weighted by Crippen LogP contribution is 2.31. The smallest absolute Gasteiger partial charge is 0.125 e. The van der Waals surface area contributed by atoms with Gasteiger partial charge in [-0.25, -0.2) is 0 Å². The first-order chi connectivity index (χ1) is 8.78. The maximum Gasteiger partial charge on any atom is 0.125 e. The van der Waals surface area contributed by atoms with Crippen LogP contribution in [-0.4, -0.2) is 12.6 Å². The number of rotatable bonds is 3. The molecule has 3 heteroatoms. The first-order valence-corrected chi connectivity index (χ1v) is 6.61. The summed E-state index contributed by atoms with van der Waals surface area (Å²) in [6.07, 6.45) is 6.60. The van der Waals surface area contributed by atoms with Gasteiger partial charge in [0.1, 0.15) is 11.3 Å². The number of benzene rings is 1. The van der Waals surface area contributed by atoms with Crippen molar-refractivity contribution in [2.45, 2.75) is 44.1 Å². The van der Waals surface area contributed by atoms with Gasteiger partial charge in [-0.1, -0.05) is 31.7 Å². The lowest BCUT2D eigenvalue weighted by Gasteiger charge is -2.27. The number of nitriles is 1. The highest BCUT2D eigenvalue weighted by atomic mass is 16.5. The second kappa shape index (κ2) is 5.77. The van der Waals surface area contributed by atoms with Crippen molar-refractivity contribution in [1.82, 2.24) is 0 Å². The molecule has 0 spiro atoms. The van der Waals surface area contributed by atoms with E-state index in [0.717, 1.165) is 37.1 Å². The molecule has 1 fully saturated rings. The molecule has 0 heterocycles. The minimum absolute atomic E-state index is 0.400. The SMILES string of the molecule is COc1cccc(NC2(C#N)CCCCCC2)c1. The molecule has 0 radical (unpaired) electrons. The van der Waals surface area contributed by atoms with Crippen molar-refractivity contribution in [2.24, 2.45) is 0 Å². The highest BCUT2D eigenvalue weighted by Gasteiger charge is 2.30. The van der Waals surface area contributed by atoms with Crippen molar-refractivity contribution in [3.05, 3.63) is 24.3 Å². The maximum absolute atomic E-state index is 9.51. The summed E-state index contributed by atoms with van der Waals surface area (Å²) in [6.45, 7) is 0. The zero-order chi connectivity index (χ0) is 12.8. The van der Waals surface area contributed by atoms with Crippen LogP contribution >= 0.6 is 0 Å². The van der Waals surface area contributed by atoms with E-state index in [1.54, 1.807) is 7.11 Å². The molecule has 2 rings (SSSR count). The van der Waals surface area contributed by atoms with E-state index in [1.807, 2.05) is 24.3 Å². The van der Waals surface area contributed by atoms with Gasteiger partial charge in [-0.05, 0) is 25.0 Å². The van der Waals surface area contributed by atoms with E-state index in [1.165, 1.54) is 12.8 Å². The van der Waals surface area contributed by atoms with Gasteiger partial charge in [-0.2, -0.15) is 5.26 Å². The predicted octanol–water partition coefficient (Wildman–Crippen LogP) is 3.72. The molecule has 1 N–H and O–H groups in total. The Hall–Kier alpha value is -1.69. The molecule has 1 aromatic rings. The van der Waals surface area contributed by atoms with Crippen molar-refractivity contribution in [3.63, 3.8) is 0 Å². The molecule has 0 bridgehead atoms. The molecule has 1 saturated carbocycles. The second-order valence-electron chi connectivity index (χ2n) is 4.97. The zero-order valence-electron chi connectivity index (χ0n) is 10.9. The summed E-state index contributed by atoms with van der Waals surface area (Å²) in [6, 6.07) is 10.3. The van der Waals surface area contributed by atoms with Crippen LogP contribution in [0.1, 0.15) is 38.5 Å². The quantitative estimate of drug-likeness (QED) is 0.824. The number of ether oxygens (including phenoxy) is 1. The van der Waals surface area contributed by atoms with Crippen LogP contribution in [0.3, 0.4) is 0 Å². The zero-order valence-corrected chi connectivity index (χ0v) is 10.9. The van der Waals surface area contributed by atoms with Gasteiger partial charge in [0.2, 0.25) is 0 Å². The average Bonchev–Trinajstić information content (AvgIpc) is 2.65. The van der Waals surface area contributed by atoms with E-state index in [0.29, 0.717) is 0 Å². The Kier molecular flexibility index (Phi) is 4.09. The Balaban J connectivity index is 2.16. The van der Waals surface area contributed by atoms with Gasteiger partial charge in [0, 0.05) is 11.8 Å². The lowest BCUT2D eigenvalue weighted by Crippen LogP contribution is -2.35. The van der Waals surface area contributed by atoms with Crippen LogP contribution < -0.4 is 10.1 Å². The summed E-state index contributed by atoms with van der Waals surface area (Å²) in [5.74, 6) is 0.821. The van der Waals surface area contributed by atoms with Gasteiger partial charge in [0.05, 0.1) is 13.2 Å². The topological polar surface area (TPSA) is 45.0 Å². The Morgan fingerprint density at radius 2 is 1.94 bits per heavy atom. The molecule has 1 aromatic carbocycles. The van der Waals surface area contributed by atoms with Crippen LogP contribution in [-0.2, 0) is 0 Å². The van der Waals surface area contributed by atoms with Crippen LogP contribution in [0, 0.1) is 11.3 Å². The van der Waals surface area contributed by atoms with Crippen molar-refractivity contribution >= 4 is 5.69 Å². The normalized spacial score (nSPS) is 18.4. The van der Waals surface area contributed by atoms with Crippen LogP contribution in [0.4, 0.5) is 5.69 Å². The van der Waals surface area contributed by atoms with Crippen molar-refractivity contribution in [2.75, 3.05) is 12.4 Å². The van der Waals surface area contributed by atoms with Crippen molar-refractivity contribution < 1.29 is 4.74 Å². The molecule has 3 nitrogen and oxygen atoms in total. The third kappa shape index (κ3) is 2.95. The fourth-order valence-corrected chi connectivity index (χ4v) is 2.57. The molecular formula is C15H20N2O. The molecule has 18 heavy (non-hydrogen) atoms. The van der Waals surface area contributed by atoms with Gasteiger partial charge in [-0.3, -0.25) is 0 Å². The second-order valence-corrected chi connectivity index (χ2v) is 4.97. The van der Waals surface area contributed by atoms with Crippen molar-refractivity contribution in [3.8, 4) is 11.8 Å². The van der Waals surface area contributed by atoms with E-state index in [2.05, 4.69) is 11.4 Å². The fraction of sp³-hybridized carbons (Fsp3) is 0.533.